The predicted molar refractivity (Wildman–Crippen MR) is 48.3 cm³/mol. The molecule has 68 valence electrons. The summed E-state index contributed by atoms with van der Waals surface area (Å²) in [7, 11) is 1.41. The van der Waals surface area contributed by atoms with Crippen molar-refractivity contribution in [2.75, 3.05) is 13.7 Å². The average Bonchev–Trinajstić information content (AvgIpc) is 2.98. The number of hydrogen-bond donors (Lipinski definition) is 0. The van der Waals surface area contributed by atoms with Gasteiger partial charge in [0.05, 0.1) is 13.2 Å². The highest BCUT2D eigenvalue weighted by atomic mass is 16.5. The number of rotatable bonds is 1. The first-order chi connectivity index (χ1) is 6.33. The normalized spacial score (nSPS) is 19.8. The van der Waals surface area contributed by atoms with Crippen LogP contribution in [0.4, 0.5) is 4.79 Å². The summed E-state index contributed by atoms with van der Waals surface area (Å²) < 4.78 is 4.61. The van der Waals surface area contributed by atoms with Crippen molar-refractivity contribution in [3.05, 3.63) is 35.9 Å². The van der Waals surface area contributed by atoms with E-state index in [1.54, 1.807) is 4.90 Å². The second-order valence-corrected chi connectivity index (χ2v) is 3.05. The van der Waals surface area contributed by atoms with E-state index in [2.05, 4.69) is 4.74 Å². The fourth-order valence-corrected chi connectivity index (χ4v) is 1.42. The first kappa shape index (κ1) is 8.10. The van der Waals surface area contributed by atoms with Crippen molar-refractivity contribution in [3.8, 4) is 0 Å². The molecular formula is C10H11NO2. The molecule has 1 aromatic carbocycles. The van der Waals surface area contributed by atoms with Gasteiger partial charge < -0.3 is 4.74 Å². The Kier molecular flexibility index (Phi) is 1.93. The molecule has 1 atom stereocenters. The van der Waals surface area contributed by atoms with E-state index >= 15 is 0 Å². The van der Waals surface area contributed by atoms with Crippen molar-refractivity contribution in [1.82, 2.24) is 4.90 Å². The molecule has 0 spiro atoms. The fourth-order valence-electron chi connectivity index (χ4n) is 1.42. The van der Waals surface area contributed by atoms with Gasteiger partial charge in [-0.05, 0) is 5.56 Å². The maximum absolute atomic E-state index is 11.1. The van der Waals surface area contributed by atoms with Gasteiger partial charge in [-0.2, -0.15) is 0 Å². The smallest absolute Gasteiger partial charge is 0.410 e. The van der Waals surface area contributed by atoms with Crippen LogP contribution in [-0.4, -0.2) is 24.6 Å². The topological polar surface area (TPSA) is 29.3 Å². The summed E-state index contributed by atoms with van der Waals surface area (Å²) in [6.07, 6.45) is -0.242. The standard InChI is InChI=1S/C10H11NO2/c1-13-10(12)11-7-9(11)8-5-3-2-4-6-8/h2-6,9H,7H2,1H3. The number of hydrogen-bond acceptors (Lipinski definition) is 2. The minimum Gasteiger partial charge on any atom is -0.453 e. The van der Waals surface area contributed by atoms with E-state index in [4.69, 9.17) is 0 Å². The number of benzene rings is 1. The Hall–Kier alpha value is -1.51. The molecule has 0 aromatic heterocycles. The van der Waals surface area contributed by atoms with Crippen molar-refractivity contribution in [3.63, 3.8) is 0 Å². The molecule has 1 fully saturated rings. The van der Waals surface area contributed by atoms with Crippen molar-refractivity contribution in [1.29, 1.82) is 0 Å². The first-order valence-electron chi connectivity index (χ1n) is 4.22. The molecule has 0 bridgehead atoms. The van der Waals surface area contributed by atoms with Crippen LogP contribution < -0.4 is 0 Å². The molecular weight excluding hydrogens is 166 g/mol. The zero-order chi connectivity index (χ0) is 9.26. The van der Waals surface area contributed by atoms with E-state index in [1.807, 2.05) is 30.3 Å². The van der Waals surface area contributed by atoms with Crippen LogP contribution >= 0.6 is 0 Å². The van der Waals surface area contributed by atoms with Crippen LogP contribution in [0.1, 0.15) is 11.6 Å². The van der Waals surface area contributed by atoms with Crippen molar-refractivity contribution in [2.45, 2.75) is 6.04 Å². The molecule has 1 saturated heterocycles. The van der Waals surface area contributed by atoms with Crippen LogP contribution in [0.5, 0.6) is 0 Å². The van der Waals surface area contributed by atoms with Crippen LogP contribution in [0.2, 0.25) is 0 Å². The molecule has 13 heavy (non-hydrogen) atoms. The number of nitrogens with zero attached hydrogens (tertiary/aromatic N) is 1. The third kappa shape index (κ3) is 1.49. The average molecular weight is 177 g/mol. The summed E-state index contributed by atoms with van der Waals surface area (Å²) in [5.74, 6) is 0. The van der Waals surface area contributed by atoms with Gasteiger partial charge in [-0.15, -0.1) is 0 Å². The van der Waals surface area contributed by atoms with Crippen molar-refractivity contribution >= 4 is 6.09 Å². The summed E-state index contributed by atoms with van der Waals surface area (Å²) in [5, 5.41) is 0. The Bertz CT molecular complexity index is 310. The Morgan fingerprint density at radius 3 is 2.77 bits per heavy atom. The molecule has 1 aliphatic heterocycles. The third-order valence-corrected chi connectivity index (χ3v) is 2.21. The van der Waals surface area contributed by atoms with Gasteiger partial charge in [0.25, 0.3) is 0 Å². The number of carbonyl (C=O) groups excluding carboxylic acids is 1. The lowest BCUT2D eigenvalue weighted by molar-refractivity contribution is 0.153. The SMILES string of the molecule is COC(=O)N1CC1c1ccccc1. The Morgan fingerprint density at radius 1 is 1.46 bits per heavy atom. The second-order valence-electron chi connectivity index (χ2n) is 3.05. The number of ether oxygens (including phenoxy) is 1. The van der Waals surface area contributed by atoms with Gasteiger partial charge in [-0.1, -0.05) is 30.3 Å². The molecule has 1 aromatic rings. The van der Waals surface area contributed by atoms with Crippen molar-refractivity contribution < 1.29 is 9.53 Å². The maximum Gasteiger partial charge on any atom is 0.410 e. The number of carbonyl (C=O) groups is 1. The zero-order valence-corrected chi connectivity index (χ0v) is 7.43. The molecule has 1 amide bonds. The van der Waals surface area contributed by atoms with Crippen LogP contribution in [0.25, 0.3) is 0 Å². The molecule has 3 heteroatoms. The summed E-state index contributed by atoms with van der Waals surface area (Å²) in [6, 6.07) is 10.2. The van der Waals surface area contributed by atoms with Crippen LogP contribution in [0.3, 0.4) is 0 Å². The highest BCUT2D eigenvalue weighted by Gasteiger charge is 2.40. The van der Waals surface area contributed by atoms with Crippen LogP contribution in [0, 0.1) is 0 Å². The molecule has 0 N–H and O–H groups in total. The minimum absolute atomic E-state index is 0.230. The molecule has 1 heterocycles. The molecule has 0 saturated carbocycles. The van der Waals surface area contributed by atoms with Gasteiger partial charge in [0, 0.05) is 6.54 Å². The van der Waals surface area contributed by atoms with E-state index in [0.717, 1.165) is 6.54 Å². The van der Waals surface area contributed by atoms with Crippen LogP contribution in [0.15, 0.2) is 30.3 Å². The summed E-state index contributed by atoms with van der Waals surface area (Å²) >= 11 is 0. The van der Waals surface area contributed by atoms with Gasteiger partial charge in [0.1, 0.15) is 0 Å². The highest BCUT2D eigenvalue weighted by Crippen LogP contribution is 2.34. The second kappa shape index (κ2) is 3.09. The number of amides is 1. The van der Waals surface area contributed by atoms with E-state index < -0.39 is 0 Å². The summed E-state index contributed by atoms with van der Waals surface area (Å²) in [4.78, 5) is 12.8. The van der Waals surface area contributed by atoms with E-state index in [0.29, 0.717) is 0 Å². The lowest BCUT2D eigenvalue weighted by Crippen LogP contribution is -2.10. The number of methoxy groups -OCH3 is 1. The van der Waals surface area contributed by atoms with Gasteiger partial charge >= 0.3 is 6.09 Å². The van der Waals surface area contributed by atoms with Gasteiger partial charge in [0.15, 0.2) is 0 Å². The van der Waals surface area contributed by atoms with Gasteiger partial charge in [0.2, 0.25) is 0 Å². The first-order valence-corrected chi connectivity index (χ1v) is 4.22. The van der Waals surface area contributed by atoms with Crippen molar-refractivity contribution in [2.24, 2.45) is 0 Å². The lowest BCUT2D eigenvalue weighted by atomic mass is 10.2. The quantitative estimate of drug-likeness (QED) is 0.612. The molecule has 0 aliphatic carbocycles. The molecule has 1 aliphatic rings. The monoisotopic (exact) mass is 177 g/mol. The van der Waals surface area contributed by atoms with Crippen LogP contribution in [-0.2, 0) is 4.74 Å². The highest BCUT2D eigenvalue weighted by molar-refractivity contribution is 5.71. The van der Waals surface area contributed by atoms with E-state index in [9.17, 15) is 4.79 Å². The Morgan fingerprint density at radius 2 is 2.15 bits per heavy atom. The summed E-state index contributed by atoms with van der Waals surface area (Å²) in [5.41, 5.74) is 1.17. The Balaban J connectivity index is 2.04. The zero-order valence-electron chi connectivity index (χ0n) is 7.43. The van der Waals surface area contributed by atoms with E-state index in [1.165, 1.54) is 12.7 Å². The van der Waals surface area contributed by atoms with Gasteiger partial charge in [-0.3, -0.25) is 4.90 Å². The summed E-state index contributed by atoms with van der Waals surface area (Å²) in [6.45, 7) is 0.774. The fraction of sp³-hybridized carbons (Fsp3) is 0.300. The molecule has 2 rings (SSSR count). The maximum atomic E-state index is 11.1. The third-order valence-electron chi connectivity index (χ3n) is 2.21. The van der Waals surface area contributed by atoms with Gasteiger partial charge in [-0.25, -0.2) is 4.79 Å². The largest absolute Gasteiger partial charge is 0.453 e. The molecule has 0 radical (unpaired) electrons. The molecule has 1 unspecified atom stereocenters. The lowest BCUT2D eigenvalue weighted by Gasteiger charge is -2.01. The molecule has 3 nitrogen and oxygen atoms in total. The minimum atomic E-state index is -0.242. The van der Waals surface area contributed by atoms with E-state index in [-0.39, 0.29) is 12.1 Å². The predicted octanol–water partition coefficient (Wildman–Crippen LogP) is 1.81. The Labute approximate surface area is 76.9 Å².